The van der Waals surface area contributed by atoms with Gasteiger partial charge in [-0.3, -0.25) is 4.98 Å². The first-order valence-corrected chi connectivity index (χ1v) is 5.48. The zero-order valence-corrected chi connectivity index (χ0v) is 9.58. The largest absolute Gasteiger partial charge is 0.263 e. The van der Waals surface area contributed by atoms with E-state index in [1.165, 1.54) is 0 Å². The zero-order chi connectivity index (χ0) is 10.2. The lowest BCUT2D eigenvalue weighted by Gasteiger charge is -2.41. The summed E-state index contributed by atoms with van der Waals surface area (Å²) >= 11 is 3.38. The molecule has 1 heterocycles. The highest BCUT2D eigenvalue weighted by atomic mass is 79.9. The summed E-state index contributed by atoms with van der Waals surface area (Å²) in [4.78, 5) is 4.11. The van der Waals surface area contributed by atoms with E-state index in [9.17, 15) is 5.26 Å². The van der Waals surface area contributed by atoms with Gasteiger partial charge < -0.3 is 0 Å². The standard InChI is InChI=1S/C11H11BrN2/c1-8-3-11(4-8,7-13)9-2-10(12)6-14-5-9/h2,5-6,8H,3-4H2,1H3. The van der Waals surface area contributed by atoms with Crippen LogP contribution in [0.1, 0.15) is 25.3 Å². The summed E-state index contributed by atoms with van der Waals surface area (Å²) in [6.07, 6.45) is 5.47. The van der Waals surface area contributed by atoms with Gasteiger partial charge in [-0.1, -0.05) is 6.92 Å². The summed E-state index contributed by atoms with van der Waals surface area (Å²) in [7, 11) is 0. The molecule has 0 N–H and O–H groups in total. The Morgan fingerprint density at radius 1 is 1.57 bits per heavy atom. The highest BCUT2D eigenvalue weighted by Gasteiger charge is 2.44. The van der Waals surface area contributed by atoms with Gasteiger partial charge in [0.15, 0.2) is 0 Å². The predicted molar refractivity (Wildman–Crippen MR) is 57.6 cm³/mol. The minimum absolute atomic E-state index is 0.268. The van der Waals surface area contributed by atoms with Gasteiger partial charge in [0.05, 0.1) is 11.5 Å². The molecule has 2 nitrogen and oxygen atoms in total. The first-order valence-electron chi connectivity index (χ1n) is 4.68. The van der Waals surface area contributed by atoms with E-state index in [-0.39, 0.29) is 5.41 Å². The molecule has 0 unspecified atom stereocenters. The number of halogens is 1. The van der Waals surface area contributed by atoms with Gasteiger partial charge in [-0.15, -0.1) is 0 Å². The van der Waals surface area contributed by atoms with Crippen molar-refractivity contribution in [3.05, 3.63) is 28.5 Å². The number of nitrogens with zero attached hydrogens (tertiary/aromatic N) is 2. The quantitative estimate of drug-likeness (QED) is 0.769. The SMILES string of the molecule is CC1CC(C#N)(c2cncc(Br)c2)C1. The molecule has 3 heteroatoms. The van der Waals surface area contributed by atoms with E-state index in [0.29, 0.717) is 5.92 Å². The number of aromatic nitrogens is 1. The van der Waals surface area contributed by atoms with Crippen molar-refractivity contribution in [2.24, 2.45) is 5.92 Å². The Kier molecular flexibility index (Phi) is 2.32. The Bertz CT molecular complexity index is 389. The zero-order valence-electron chi connectivity index (χ0n) is 8.00. The van der Waals surface area contributed by atoms with Crippen molar-refractivity contribution in [1.29, 1.82) is 5.26 Å². The monoisotopic (exact) mass is 250 g/mol. The Morgan fingerprint density at radius 3 is 2.79 bits per heavy atom. The van der Waals surface area contributed by atoms with Crippen molar-refractivity contribution in [2.75, 3.05) is 0 Å². The molecule has 1 aromatic heterocycles. The van der Waals surface area contributed by atoms with Gasteiger partial charge in [-0.2, -0.15) is 5.26 Å². The molecule has 2 rings (SSSR count). The number of pyridine rings is 1. The van der Waals surface area contributed by atoms with E-state index in [2.05, 4.69) is 33.9 Å². The Morgan fingerprint density at radius 2 is 2.29 bits per heavy atom. The molecule has 0 saturated heterocycles. The van der Waals surface area contributed by atoms with E-state index < -0.39 is 0 Å². The van der Waals surface area contributed by atoms with E-state index in [0.717, 1.165) is 22.9 Å². The molecule has 14 heavy (non-hydrogen) atoms. The molecular formula is C11H11BrN2. The highest BCUT2D eigenvalue weighted by molar-refractivity contribution is 9.10. The molecule has 1 aromatic rings. The molecule has 0 radical (unpaired) electrons. The molecule has 0 spiro atoms. The van der Waals surface area contributed by atoms with Crippen LogP contribution in [0.4, 0.5) is 0 Å². The fourth-order valence-corrected chi connectivity index (χ4v) is 2.56. The maximum Gasteiger partial charge on any atom is 0.0842 e. The minimum Gasteiger partial charge on any atom is -0.263 e. The number of hydrogen-bond donors (Lipinski definition) is 0. The maximum atomic E-state index is 9.21. The Balaban J connectivity index is 2.35. The van der Waals surface area contributed by atoms with Crippen LogP contribution >= 0.6 is 15.9 Å². The first-order chi connectivity index (χ1) is 6.66. The van der Waals surface area contributed by atoms with Gasteiger partial charge in [-0.05, 0) is 46.3 Å². The van der Waals surface area contributed by atoms with Crippen LogP contribution in [0.5, 0.6) is 0 Å². The number of nitriles is 1. The van der Waals surface area contributed by atoms with Gasteiger partial charge >= 0.3 is 0 Å². The lowest BCUT2D eigenvalue weighted by molar-refractivity contribution is 0.216. The van der Waals surface area contributed by atoms with Crippen LogP contribution in [0, 0.1) is 17.2 Å². The maximum absolute atomic E-state index is 9.21. The summed E-state index contributed by atoms with van der Waals surface area (Å²) in [6, 6.07) is 4.43. The smallest absolute Gasteiger partial charge is 0.0842 e. The van der Waals surface area contributed by atoms with Crippen LogP contribution in [-0.2, 0) is 5.41 Å². The lowest BCUT2D eigenvalue weighted by atomic mass is 9.60. The second-order valence-corrected chi connectivity index (χ2v) is 5.01. The normalized spacial score (nSPS) is 30.5. The third-order valence-electron chi connectivity index (χ3n) is 2.87. The molecule has 0 atom stereocenters. The van der Waals surface area contributed by atoms with Crippen LogP contribution in [0.3, 0.4) is 0 Å². The topological polar surface area (TPSA) is 36.7 Å². The second-order valence-electron chi connectivity index (χ2n) is 4.10. The van der Waals surface area contributed by atoms with Gasteiger partial charge in [0.25, 0.3) is 0 Å². The van der Waals surface area contributed by atoms with Crippen LogP contribution < -0.4 is 0 Å². The molecule has 72 valence electrons. The lowest BCUT2D eigenvalue weighted by Crippen LogP contribution is -2.38. The van der Waals surface area contributed by atoms with Gasteiger partial charge in [0.2, 0.25) is 0 Å². The molecule has 0 bridgehead atoms. The van der Waals surface area contributed by atoms with Crippen molar-refractivity contribution in [1.82, 2.24) is 4.98 Å². The van der Waals surface area contributed by atoms with Gasteiger partial charge in [-0.25, -0.2) is 0 Å². The van der Waals surface area contributed by atoms with Crippen LogP contribution in [-0.4, -0.2) is 4.98 Å². The summed E-state index contributed by atoms with van der Waals surface area (Å²) in [6.45, 7) is 2.18. The van der Waals surface area contributed by atoms with Crippen LogP contribution in [0.25, 0.3) is 0 Å². The molecule has 0 aliphatic heterocycles. The van der Waals surface area contributed by atoms with Crippen molar-refractivity contribution in [3.8, 4) is 6.07 Å². The van der Waals surface area contributed by atoms with Crippen molar-refractivity contribution < 1.29 is 0 Å². The van der Waals surface area contributed by atoms with E-state index in [1.807, 2.05) is 6.07 Å². The average molecular weight is 251 g/mol. The second kappa shape index (κ2) is 3.36. The molecule has 1 fully saturated rings. The molecule has 1 aliphatic rings. The average Bonchev–Trinajstić information content (AvgIpc) is 2.12. The molecule has 0 aromatic carbocycles. The summed E-state index contributed by atoms with van der Waals surface area (Å²) in [5, 5.41) is 9.21. The third kappa shape index (κ3) is 1.44. The van der Waals surface area contributed by atoms with Crippen LogP contribution in [0.15, 0.2) is 22.9 Å². The summed E-state index contributed by atoms with van der Waals surface area (Å²) < 4.78 is 0.948. The minimum atomic E-state index is -0.268. The van der Waals surface area contributed by atoms with Crippen LogP contribution in [0.2, 0.25) is 0 Å². The van der Waals surface area contributed by atoms with Crippen molar-refractivity contribution in [2.45, 2.75) is 25.2 Å². The molecule has 1 saturated carbocycles. The predicted octanol–water partition coefficient (Wildman–Crippen LogP) is 3.04. The summed E-state index contributed by atoms with van der Waals surface area (Å²) in [5.41, 5.74) is 0.781. The highest BCUT2D eigenvalue weighted by Crippen LogP contribution is 2.47. The van der Waals surface area contributed by atoms with E-state index in [4.69, 9.17) is 0 Å². The number of hydrogen-bond acceptors (Lipinski definition) is 2. The fourth-order valence-electron chi connectivity index (χ4n) is 2.20. The van der Waals surface area contributed by atoms with Gasteiger partial charge in [0.1, 0.15) is 0 Å². The van der Waals surface area contributed by atoms with E-state index in [1.54, 1.807) is 12.4 Å². The molecule has 1 aliphatic carbocycles. The molecule has 0 amide bonds. The first kappa shape index (κ1) is 9.67. The van der Waals surface area contributed by atoms with E-state index >= 15 is 0 Å². The Hall–Kier alpha value is -0.880. The van der Waals surface area contributed by atoms with Crippen molar-refractivity contribution in [3.63, 3.8) is 0 Å². The molecular weight excluding hydrogens is 240 g/mol. The number of rotatable bonds is 1. The van der Waals surface area contributed by atoms with Crippen molar-refractivity contribution >= 4 is 15.9 Å². The van der Waals surface area contributed by atoms with Gasteiger partial charge in [0, 0.05) is 16.9 Å². The fraction of sp³-hybridized carbons (Fsp3) is 0.455. The third-order valence-corrected chi connectivity index (χ3v) is 3.30. The summed E-state index contributed by atoms with van der Waals surface area (Å²) in [5.74, 6) is 0.661. The Labute approximate surface area is 92.1 Å².